The van der Waals surface area contributed by atoms with Crippen LogP contribution in [0.2, 0.25) is 0 Å². The van der Waals surface area contributed by atoms with Crippen LogP contribution in [0.3, 0.4) is 0 Å². The maximum Gasteiger partial charge on any atom is 0.311 e. The molecule has 1 fully saturated rings. The van der Waals surface area contributed by atoms with E-state index < -0.39 is 23.4 Å². The highest BCUT2D eigenvalue weighted by Crippen LogP contribution is 2.34. The largest absolute Gasteiger partial charge is 0.426 e. The summed E-state index contributed by atoms with van der Waals surface area (Å²) in [4.78, 5) is 11.9. The fraction of sp³-hybridized carbons (Fsp3) is 0.682. The summed E-state index contributed by atoms with van der Waals surface area (Å²) in [5, 5.41) is 0. The van der Waals surface area contributed by atoms with E-state index in [4.69, 9.17) is 4.74 Å². The number of carbonyl (C=O) groups is 1. The summed E-state index contributed by atoms with van der Waals surface area (Å²) in [6.07, 6.45) is 13.6. The predicted octanol–water partition coefficient (Wildman–Crippen LogP) is 6.96. The number of unbranched alkanes of at least 4 members (excludes halogenated alkanes) is 4. The minimum atomic E-state index is -1.56. The predicted molar refractivity (Wildman–Crippen MR) is 100 cm³/mol. The smallest absolute Gasteiger partial charge is 0.311 e. The van der Waals surface area contributed by atoms with E-state index in [1.54, 1.807) is 0 Å². The minimum absolute atomic E-state index is 0.215. The molecule has 0 bridgehead atoms. The van der Waals surface area contributed by atoms with Crippen LogP contribution in [0, 0.1) is 29.3 Å². The molecule has 152 valence electrons. The highest BCUT2D eigenvalue weighted by Gasteiger charge is 2.22. The van der Waals surface area contributed by atoms with Crippen LogP contribution in [-0.2, 0) is 4.79 Å². The van der Waals surface area contributed by atoms with Gasteiger partial charge in [-0.15, -0.1) is 0 Å². The van der Waals surface area contributed by atoms with Crippen LogP contribution in [0.1, 0.15) is 84.0 Å². The molecule has 1 aliphatic rings. The first-order valence-corrected chi connectivity index (χ1v) is 10.3. The van der Waals surface area contributed by atoms with Crippen LogP contribution < -0.4 is 4.74 Å². The van der Waals surface area contributed by atoms with E-state index in [9.17, 15) is 18.0 Å². The number of halogens is 3. The first-order chi connectivity index (χ1) is 13.0. The van der Waals surface area contributed by atoms with E-state index in [0.717, 1.165) is 25.2 Å². The Hall–Kier alpha value is -1.52. The first kappa shape index (κ1) is 21.8. The molecule has 1 aromatic carbocycles. The third-order valence-corrected chi connectivity index (χ3v) is 5.63. The van der Waals surface area contributed by atoms with Gasteiger partial charge in [-0.3, -0.25) is 4.79 Å². The molecule has 0 atom stereocenters. The molecular weight excluding hydrogens is 353 g/mol. The van der Waals surface area contributed by atoms with Crippen molar-refractivity contribution in [2.75, 3.05) is 0 Å². The Morgan fingerprint density at radius 3 is 2.07 bits per heavy atom. The van der Waals surface area contributed by atoms with Crippen molar-refractivity contribution in [1.82, 2.24) is 0 Å². The summed E-state index contributed by atoms with van der Waals surface area (Å²) in [6, 6.07) is 1.39. The number of benzene rings is 1. The zero-order valence-electron chi connectivity index (χ0n) is 16.2. The van der Waals surface area contributed by atoms with Gasteiger partial charge in [-0.25, -0.2) is 13.2 Å². The number of esters is 1. The van der Waals surface area contributed by atoms with Crippen molar-refractivity contribution in [1.29, 1.82) is 0 Å². The topological polar surface area (TPSA) is 26.3 Å². The number of hydrogen-bond acceptors (Lipinski definition) is 2. The van der Waals surface area contributed by atoms with Gasteiger partial charge < -0.3 is 4.74 Å². The molecule has 2 nitrogen and oxygen atoms in total. The van der Waals surface area contributed by atoms with Gasteiger partial charge in [0.2, 0.25) is 0 Å². The second-order valence-corrected chi connectivity index (χ2v) is 7.80. The lowest BCUT2D eigenvalue weighted by Gasteiger charge is -2.28. The SMILES string of the molecule is CCCCCCCC1CCC(CCC(=O)Oc2cc(F)c(F)c(F)c2)CC1. The number of rotatable bonds is 10. The average molecular weight is 384 g/mol. The molecule has 0 radical (unpaired) electrons. The lowest BCUT2D eigenvalue weighted by Crippen LogP contribution is -2.17. The summed E-state index contributed by atoms with van der Waals surface area (Å²) in [5.41, 5.74) is 0. The molecule has 2 rings (SSSR count). The maximum atomic E-state index is 13.1. The van der Waals surface area contributed by atoms with E-state index in [-0.39, 0.29) is 12.2 Å². The Bertz CT molecular complexity index is 572. The van der Waals surface area contributed by atoms with Crippen LogP contribution in [-0.4, -0.2) is 5.97 Å². The van der Waals surface area contributed by atoms with Gasteiger partial charge in [-0.2, -0.15) is 0 Å². The van der Waals surface area contributed by atoms with Crippen molar-refractivity contribution in [3.63, 3.8) is 0 Å². The molecule has 0 heterocycles. The Morgan fingerprint density at radius 2 is 1.48 bits per heavy atom. The monoisotopic (exact) mass is 384 g/mol. The summed E-state index contributed by atoms with van der Waals surface area (Å²) in [5.74, 6) is -3.76. The fourth-order valence-electron chi connectivity index (χ4n) is 3.94. The molecule has 1 aromatic rings. The Balaban J connectivity index is 1.63. The molecule has 1 aliphatic carbocycles. The van der Waals surface area contributed by atoms with Crippen LogP contribution in [0.4, 0.5) is 13.2 Å². The van der Waals surface area contributed by atoms with Gasteiger partial charge in [0, 0.05) is 18.6 Å². The third-order valence-electron chi connectivity index (χ3n) is 5.63. The van der Waals surface area contributed by atoms with Crippen molar-refractivity contribution in [3.05, 3.63) is 29.6 Å². The Kier molecular flexibility index (Phi) is 9.16. The molecular formula is C22H31F3O2. The molecule has 0 saturated heterocycles. The highest BCUT2D eigenvalue weighted by molar-refractivity contribution is 5.72. The van der Waals surface area contributed by atoms with Crippen molar-refractivity contribution in [2.24, 2.45) is 11.8 Å². The molecule has 0 amide bonds. The minimum Gasteiger partial charge on any atom is -0.426 e. The van der Waals surface area contributed by atoms with Gasteiger partial charge >= 0.3 is 5.97 Å². The van der Waals surface area contributed by atoms with Gasteiger partial charge in [0.15, 0.2) is 17.5 Å². The lowest BCUT2D eigenvalue weighted by molar-refractivity contribution is -0.134. The molecule has 1 saturated carbocycles. The van der Waals surface area contributed by atoms with Gasteiger partial charge in [-0.05, 0) is 18.3 Å². The lowest BCUT2D eigenvalue weighted by atomic mass is 9.78. The van der Waals surface area contributed by atoms with E-state index >= 15 is 0 Å². The Labute approximate surface area is 160 Å². The van der Waals surface area contributed by atoms with E-state index in [2.05, 4.69) is 6.92 Å². The second-order valence-electron chi connectivity index (χ2n) is 7.80. The normalized spacial score (nSPS) is 19.9. The number of carbonyl (C=O) groups excluding carboxylic acids is 1. The molecule has 0 aliphatic heterocycles. The van der Waals surface area contributed by atoms with Crippen LogP contribution in [0.25, 0.3) is 0 Å². The summed E-state index contributed by atoms with van der Waals surface area (Å²) < 4.78 is 44.1. The summed E-state index contributed by atoms with van der Waals surface area (Å²) in [7, 11) is 0. The van der Waals surface area contributed by atoms with Crippen molar-refractivity contribution < 1.29 is 22.7 Å². The van der Waals surface area contributed by atoms with Crippen LogP contribution in [0.15, 0.2) is 12.1 Å². The molecule has 0 unspecified atom stereocenters. The number of ether oxygens (including phenoxy) is 1. The zero-order valence-corrected chi connectivity index (χ0v) is 16.2. The second kappa shape index (κ2) is 11.4. The van der Waals surface area contributed by atoms with Gasteiger partial charge in [-0.1, -0.05) is 71.1 Å². The van der Waals surface area contributed by atoms with Crippen molar-refractivity contribution in [3.8, 4) is 5.75 Å². The molecule has 0 spiro atoms. The third kappa shape index (κ3) is 7.55. The van der Waals surface area contributed by atoms with Gasteiger partial charge in [0.1, 0.15) is 5.75 Å². The molecule has 0 N–H and O–H groups in total. The van der Waals surface area contributed by atoms with E-state index in [0.29, 0.717) is 18.1 Å². The van der Waals surface area contributed by atoms with Crippen LogP contribution >= 0.6 is 0 Å². The number of hydrogen-bond donors (Lipinski definition) is 0. The molecule has 5 heteroatoms. The van der Waals surface area contributed by atoms with E-state index in [1.165, 1.54) is 51.4 Å². The average Bonchev–Trinajstić information content (AvgIpc) is 2.65. The van der Waals surface area contributed by atoms with Gasteiger partial charge in [0.25, 0.3) is 0 Å². The molecule has 0 aromatic heterocycles. The summed E-state index contributed by atoms with van der Waals surface area (Å²) >= 11 is 0. The fourth-order valence-corrected chi connectivity index (χ4v) is 3.94. The van der Waals surface area contributed by atoms with Crippen LogP contribution in [0.5, 0.6) is 5.75 Å². The first-order valence-electron chi connectivity index (χ1n) is 10.3. The molecule has 27 heavy (non-hydrogen) atoms. The zero-order chi connectivity index (χ0) is 19.6. The standard InChI is InChI=1S/C22H31F3O2/c1-2-3-4-5-6-7-16-8-10-17(11-9-16)12-13-21(26)27-18-14-19(23)22(25)20(24)15-18/h14-17H,2-13H2,1H3. The Morgan fingerprint density at radius 1 is 0.926 bits per heavy atom. The summed E-state index contributed by atoms with van der Waals surface area (Å²) in [6.45, 7) is 2.23. The van der Waals surface area contributed by atoms with Gasteiger partial charge in [0.05, 0.1) is 0 Å². The van der Waals surface area contributed by atoms with Crippen molar-refractivity contribution in [2.45, 2.75) is 84.0 Å². The van der Waals surface area contributed by atoms with E-state index in [1.807, 2.05) is 0 Å². The highest BCUT2D eigenvalue weighted by atomic mass is 19.2. The quantitative estimate of drug-likeness (QED) is 0.189. The van der Waals surface area contributed by atoms with Crippen molar-refractivity contribution >= 4 is 5.97 Å². The maximum absolute atomic E-state index is 13.1.